The zero-order valence-corrected chi connectivity index (χ0v) is 16.9. The minimum absolute atomic E-state index is 0.0834. The molecule has 4 saturated carbocycles. The highest BCUT2D eigenvalue weighted by atomic mass is 16.5. The van der Waals surface area contributed by atoms with Crippen molar-refractivity contribution in [1.82, 2.24) is 5.32 Å². The maximum Gasteiger partial charge on any atom is 0.325 e. The molecule has 6 nitrogen and oxygen atoms in total. The summed E-state index contributed by atoms with van der Waals surface area (Å²) in [5.41, 5.74) is 0.511. The first kappa shape index (κ1) is 19.9. The number of hydrogen-bond donors (Lipinski definition) is 1. The largest absolute Gasteiger partial charge is 0.496 e. The van der Waals surface area contributed by atoms with Crippen molar-refractivity contribution >= 4 is 17.7 Å². The molecule has 4 fully saturated rings. The van der Waals surface area contributed by atoms with Crippen LogP contribution in [0.2, 0.25) is 0 Å². The zero-order valence-electron chi connectivity index (χ0n) is 16.9. The maximum atomic E-state index is 12.5. The molecule has 4 bridgehead atoms. The third-order valence-electron chi connectivity index (χ3n) is 6.90. The average Bonchev–Trinajstić information content (AvgIpc) is 2.69. The summed E-state index contributed by atoms with van der Waals surface area (Å²) in [6.07, 6.45) is 8.00. The number of amides is 1. The molecular formula is C23H29NO5. The fourth-order valence-corrected chi connectivity index (χ4v) is 6.23. The number of benzene rings is 1. The van der Waals surface area contributed by atoms with Crippen molar-refractivity contribution in [1.29, 1.82) is 0 Å². The van der Waals surface area contributed by atoms with Crippen LogP contribution in [-0.4, -0.2) is 37.9 Å². The van der Waals surface area contributed by atoms with E-state index in [9.17, 15) is 14.4 Å². The molecule has 0 unspecified atom stereocenters. The molecule has 6 heteroatoms. The Morgan fingerprint density at radius 1 is 1.03 bits per heavy atom. The number of methoxy groups -OCH3 is 1. The van der Waals surface area contributed by atoms with Gasteiger partial charge in [0.15, 0.2) is 6.61 Å². The molecule has 0 saturated heterocycles. The lowest BCUT2D eigenvalue weighted by atomic mass is 9.49. The van der Waals surface area contributed by atoms with E-state index in [1.807, 2.05) is 0 Å². The Morgan fingerprint density at radius 3 is 2.28 bits per heavy atom. The van der Waals surface area contributed by atoms with Crippen LogP contribution in [0.5, 0.6) is 5.75 Å². The number of hydrogen-bond acceptors (Lipinski definition) is 5. The highest BCUT2D eigenvalue weighted by molar-refractivity contribution is 6.00. The van der Waals surface area contributed by atoms with Gasteiger partial charge < -0.3 is 14.8 Å². The van der Waals surface area contributed by atoms with Crippen LogP contribution in [0.4, 0.5) is 0 Å². The second-order valence-corrected chi connectivity index (χ2v) is 9.16. The summed E-state index contributed by atoms with van der Waals surface area (Å²) in [6, 6.07) is 6.80. The molecule has 5 rings (SSSR count). The number of Topliss-reactive ketones (excluding diaryl/α,β-unsaturated/α-hetero) is 1. The van der Waals surface area contributed by atoms with E-state index in [1.165, 1.54) is 26.4 Å². The molecule has 0 spiro atoms. The molecule has 4 aliphatic carbocycles. The Morgan fingerprint density at radius 2 is 1.66 bits per heavy atom. The predicted octanol–water partition coefficient (Wildman–Crippen LogP) is 3.14. The number of rotatable bonds is 8. The lowest BCUT2D eigenvalue weighted by Gasteiger charge is -2.56. The van der Waals surface area contributed by atoms with E-state index in [1.54, 1.807) is 24.3 Å². The number of para-hydroxylation sites is 1. The second-order valence-electron chi connectivity index (χ2n) is 9.16. The van der Waals surface area contributed by atoms with E-state index in [0.717, 1.165) is 37.0 Å². The molecule has 0 aromatic heterocycles. The molecule has 0 radical (unpaired) electrons. The highest BCUT2D eigenvalue weighted by Gasteiger charge is 2.51. The number of nitrogens with one attached hydrogen (secondary N) is 1. The van der Waals surface area contributed by atoms with Gasteiger partial charge in [0.2, 0.25) is 11.7 Å². The Kier molecular flexibility index (Phi) is 5.61. The molecule has 1 amide bonds. The van der Waals surface area contributed by atoms with Crippen LogP contribution in [0, 0.1) is 23.2 Å². The average molecular weight is 399 g/mol. The first-order valence-corrected chi connectivity index (χ1v) is 10.5. The summed E-state index contributed by atoms with van der Waals surface area (Å²) in [5, 5.41) is 2.69. The molecular weight excluding hydrogens is 370 g/mol. The van der Waals surface area contributed by atoms with E-state index in [4.69, 9.17) is 9.47 Å². The van der Waals surface area contributed by atoms with Gasteiger partial charge >= 0.3 is 5.97 Å². The van der Waals surface area contributed by atoms with Crippen molar-refractivity contribution in [2.45, 2.75) is 44.9 Å². The van der Waals surface area contributed by atoms with Crippen molar-refractivity contribution in [2.24, 2.45) is 23.2 Å². The standard InChI is InChI=1S/C23H29NO5/c1-28-20-5-3-2-4-18(20)19(25)14-29-22(27)13-24-21(26)12-23-9-15-6-16(10-23)8-17(7-15)11-23/h2-5,15-17H,6-14H2,1H3,(H,24,26). The smallest absolute Gasteiger partial charge is 0.325 e. The summed E-state index contributed by atoms with van der Waals surface area (Å²) in [5.74, 6) is 1.79. The number of carbonyl (C=O) groups is 3. The molecule has 0 aliphatic heterocycles. The lowest BCUT2D eigenvalue weighted by molar-refractivity contribution is -0.143. The zero-order chi connectivity index (χ0) is 20.4. The van der Waals surface area contributed by atoms with E-state index in [-0.39, 0.29) is 30.3 Å². The van der Waals surface area contributed by atoms with Crippen LogP contribution >= 0.6 is 0 Å². The molecule has 0 atom stereocenters. The topological polar surface area (TPSA) is 81.7 Å². The van der Waals surface area contributed by atoms with Crippen molar-refractivity contribution in [3.63, 3.8) is 0 Å². The van der Waals surface area contributed by atoms with E-state index in [2.05, 4.69) is 5.32 Å². The Labute approximate surface area is 171 Å². The quantitative estimate of drug-likeness (QED) is 0.536. The third-order valence-corrected chi connectivity index (χ3v) is 6.90. The molecule has 29 heavy (non-hydrogen) atoms. The first-order valence-electron chi connectivity index (χ1n) is 10.5. The SMILES string of the molecule is COc1ccccc1C(=O)COC(=O)CNC(=O)CC12CC3CC(CC(C3)C1)C2. The van der Waals surface area contributed by atoms with Gasteiger partial charge in [-0.3, -0.25) is 14.4 Å². The fourth-order valence-electron chi connectivity index (χ4n) is 6.23. The van der Waals surface area contributed by atoms with Crippen LogP contribution in [0.1, 0.15) is 55.3 Å². The van der Waals surface area contributed by atoms with Crippen molar-refractivity contribution < 1.29 is 23.9 Å². The molecule has 1 aromatic rings. The van der Waals surface area contributed by atoms with Gasteiger partial charge in [0.1, 0.15) is 12.3 Å². The Balaban J connectivity index is 1.22. The summed E-state index contributed by atoms with van der Waals surface area (Å²) in [6.45, 7) is -0.575. The van der Waals surface area contributed by atoms with Gasteiger partial charge in [-0.2, -0.15) is 0 Å². The minimum Gasteiger partial charge on any atom is -0.496 e. The number of ketones is 1. The minimum atomic E-state index is -0.605. The Bertz CT molecular complexity index is 767. The van der Waals surface area contributed by atoms with Crippen LogP contribution in [0.25, 0.3) is 0 Å². The van der Waals surface area contributed by atoms with Gasteiger partial charge in [-0.05, 0) is 73.8 Å². The molecule has 1 N–H and O–H groups in total. The van der Waals surface area contributed by atoms with E-state index in [0.29, 0.717) is 17.7 Å². The molecule has 0 heterocycles. The summed E-state index contributed by atoms with van der Waals surface area (Å²) < 4.78 is 10.2. The van der Waals surface area contributed by atoms with Gasteiger partial charge in [-0.25, -0.2) is 0 Å². The van der Waals surface area contributed by atoms with Gasteiger partial charge in [0.05, 0.1) is 12.7 Å². The van der Waals surface area contributed by atoms with Crippen molar-refractivity contribution in [3.8, 4) is 5.75 Å². The van der Waals surface area contributed by atoms with Gasteiger partial charge in [0.25, 0.3) is 0 Å². The lowest BCUT2D eigenvalue weighted by Crippen LogP contribution is -2.48. The predicted molar refractivity (Wildman–Crippen MR) is 107 cm³/mol. The van der Waals surface area contributed by atoms with E-state index < -0.39 is 5.97 Å². The maximum absolute atomic E-state index is 12.5. The van der Waals surface area contributed by atoms with Crippen molar-refractivity contribution in [2.75, 3.05) is 20.3 Å². The molecule has 4 aliphatic rings. The number of carbonyl (C=O) groups excluding carboxylic acids is 3. The second kappa shape index (κ2) is 8.17. The summed E-state index contributed by atoms with van der Waals surface area (Å²) in [4.78, 5) is 36.7. The third kappa shape index (κ3) is 4.46. The van der Waals surface area contributed by atoms with Crippen LogP contribution in [0.3, 0.4) is 0 Å². The monoisotopic (exact) mass is 399 g/mol. The highest BCUT2D eigenvalue weighted by Crippen LogP contribution is 2.61. The van der Waals surface area contributed by atoms with Gasteiger partial charge in [-0.1, -0.05) is 12.1 Å². The van der Waals surface area contributed by atoms with Crippen LogP contribution in [0.15, 0.2) is 24.3 Å². The van der Waals surface area contributed by atoms with Gasteiger partial charge in [-0.15, -0.1) is 0 Å². The molecule has 156 valence electrons. The van der Waals surface area contributed by atoms with Gasteiger partial charge in [0, 0.05) is 6.42 Å². The number of ether oxygens (including phenoxy) is 2. The Hall–Kier alpha value is -2.37. The fraction of sp³-hybridized carbons (Fsp3) is 0.609. The summed E-state index contributed by atoms with van der Waals surface area (Å²) >= 11 is 0. The summed E-state index contributed by atoms with van der Waals surface area (Å²) in [7, 11) is 1.48. The molecule has 1 aromatic carbocycles. The van der Waals surface area contributed by atoms with Crippen LogP contribution < -0.4 is 10.1 Å². The van der Waals surface area contributed by atoms with E-state index >= 15 is 0 Å². The normalized spacial score (nSPS) is 29.3. The first-order chi connectivity index (χ1) is 14.0. The van der Waals surface area contributed by atoms with Crippen molar-refractivity contribution in [3.05, 3.63) is 29.8 Å². The van der Waals surface area contributed by atoms with Crippen LogP contribution in [-0.2, 0) is 14.3 Å². The number of esters is 1.